The second kappa shape index (κ2) is 6.55. The molecule has 0 aliphatic carbocycles. The van der Waals surface area contributed by atoms with Crippen molar-refractivity contribution in [1.82, 2.24) is 25.0 Å². The number of fused-ring (bicyclic) bond motifs is 2. The summed E-state index contributed by atoms with van der Waals surface area (Å²) in [4.78, 5) is 17.5. The number of anilines is 1. The molecule has 1 aliphatic heterocycles. The summed E-state index contributed by atoms with van der Waals surface area (Å²) < 4.78 is 18.6. The molecule has 1 aliphatic rings. The van der Waals surface area contributed by atoms with Crippen LogP contribution in [0.25, 0.3) is 21.9 Å². The van der Waals surface area contributed by atoms with Crippen molar-refractivity contribution in [3.8, 4) is 0 Å². The van der Waals surface area contributed by atoms with Gasteiger partial charge in [-0.15, -0.1) is 0 Å². The molecule has 4 aromatic rings. The number of piperazine rings is 1. The van der Waals surface area contributed by atoms with Crippen LogP contribution in [0.4, 0.5) is 10.2 Å². The van der Waals surface area contributed by atoms with Gasteiger partial charge in [-0.2, -0.15) is 0 Å². The number of halogens is 1. The highest BCUT2D eigenvalue weighted by atomic mass is 19.1. The number of benzene rings is 1. The Kier molecular flexibility index (Phi) is 3.90. The van der Waals surface area contributed by atoms with Gasteiger partial charge in [0, 0.05) is 55.8 Å². The first-order valence-corrected chi connectivity index (χ1v) is 8.84. The quantitative estimate of drug-likeness (QED) is 0.553. The van der Waals surface area contributed by atoms with E-state index in [9.17, 15) is 4.39 Å². The normalized spacial score (nSPS) is 15.7. The van der Waals surface area contributed by atoms with Crippen molar-refractivity contribution in [2.45, 2.75) is 6.54 Å². The van der Waals surface area contributed by atoms with E-state index in [2.05, 4.69) is 29.9 Å². The van der Waals surface area contributed by atoms with Crippen molar-refractivity contribution in [2.24, 2.45) is 0 Å². The van der Waals surface area contributed by atoms with Gasteiger partial charge in [0.15, 0.2) is 5.58 Å². The fourth-order valence-electron chi connectivity index (χ4n) is 3.55. The molecule has 0 unspecified atom stereocenters. The van der Waals surface area contributed by atoms with E-state index >= 15 is 0 Å². The van der Waals surface area contributed by atoms with Crippen LogP contribution < -0.4 is 4.90 Å². The molecule has 0 N–H and O–H groups in total. The van der Waals surface area contributed by atoms with Crippen molar-refractivity contribution >= 4 is 27.7 Å². The summed E-state index contributed by atoms with van der Waals surface area (Å²) in [6.45, 7) is 4.16. The summed E-state index contributed by atoms with van der Waals surface area (Å²) in [6, 6.07) is 6.50. The fourth-order valence-corrected chi connectivity index (χ4v) is 3.55. The maximum atomic E-state index is 13.3. The molecule has 136 valence electrons. The number of rotatable bonds is 3. The number of hydrogen-bond donors (Lipinski definition) is 0. The number of aromatic nitrogens is 4. The summed E-state index contributed by atoms with van der Waals surface area (Å²) in [7, 11) is 0. The average Bonchev–Trinajstić information content (AvgIpc) is 3.10. The maximum absolute atomic E-state index is 13.3. The Morgan fingerprint density at radius 2 is 1.93 bits per heavy atom. The first-order chi connectivity index (χ1) is 13.3. The highest BCUT2D eigenvalue weighted by molar-refractivity contribution is 5.88. The van der Waals surface area contributed by atoms with E-state index in [1.54, 1.807) is 24.8 Å². The van der Waals surface area contributed by atoms with E-state index in [1.807, 2.05) is 6.07 Å². The van der Waals surface area contributed by atoms with Gasteiger partial charge in [0.2, 0.25) is 0 Å². The molecule has 1 saturated heterocycles. The molecule has 0 radical (unpaired) electrons. The average molecular weight is 364 g/mol. The zero-order valence-corrected chi connectivity index (χ0v) is 14.5. The highest BCUT2D eigenvalue weighted by Gasteiger charge is 2.21. The van der Waals surface area contributed by atoms with Crippen LogP contribution in [0.2, 0.25) is 0 Å². The monoisotopic (exact) mass is 364 g/mol. The zero-order chi connectivity index (χ0) is 18.2. The Labute approximate surface area is 154 Å². The molecule has 0 atom stereocenters. The van der Waals surface area contributed by atoms with Crippen LogP contribution in [0.5, 0.6) is 0 Å². The Morgan fingerprint density at radius 1 is 1.04 bits per heavy atom. The third-order valence-corrected chi connectivity index (χ3v) is 4.97. The standard InChI is InChI=1S/C19H17FN6O/c20-13-1-2-14-17(24-27-18(14)9-13)11-25-5-7-26(8-6-25)19-15-3-4-21-10-16(15)22-12-23-19/h1-4,9-10,12H,5-8,11H2. The molecule has 4 heterocycles. The van der Waals surface area contributed by atoms with Gasteiger partial charge in [0.25, 0.3) is 0 Å². The SMILES string of the molecule is Fc1ccc2c(CN3CCN(c4ncnc5cnccc45)CC3)noc2c1. The van der Waals surface area contributed by atoms with Gasteiger partial charge in [0.1, 0.15) is 23.7 Å². The molecule has 0 spiro atoms. The van der Waals surface area contributed by atoms with Crippen LogP contribution in [0.3, 0.4) is 0 Å². The molecule has 7 nitrogen and oxygen atoms in total. The molecular weight excluding hydrogens is 347 g/mol. The molecule has 3 aromatic heterocycles. The molecule has 8 heteroatoms. The lowest BCUT2D eigenvalue weighted by atomic mass is 10.2. The minimum absolute atomic E-state index is 0.314. The van der Waals surface area contributed by atoms with E-state index in [0.29, 0.717) is 12.1 Å². The summed E-state index contributed by atoms with van der Waals surface area (Å²) in [6.07, 6.45) is 5.12. The lowest BCUT2D eigenvalue weighted by Crippen LogP contribution is -2.46. The fraction of sp³-hybridized carbons (Fsp3) is 0.263. The second-order valence-corrected chi connectivity index (χ2v) is 6.62. The lowest BCUT2D eigenvalue weighted by Gasteiger charge is -2.35. The minimum Gasteiger partial charge on any atom is -0.356 e. The molecule has 1 fully saturated rings. The van der Waals surface area contributed by atoms with E-state index in [4.69, 9.17) is 4.52 Å². The van der Waals surface area contributed by atoms with Gasteiger partial charge in [-0.25, -0.2) is 14.4 Å². The van der Waals surface area contributed by atoms with Gasteiger partial charge in [0.05, 0.1) is 11.7 Å². The van der Waals surface area contributed by atoms with Crippen LogP contribution in [-0.2, 0) is 6.54 Å². The Hall–Kier alpha value is -3.13. The van der Waals surface area contributed by atoms with Crippen LogP contribution in [0.1, 0.15) is 5.69 Å². The van der Waals surface area contributed by atoms with E-state index < -0.39 is 0 Å². The topological polar surface area (TPSA) is 71.2 Å². The van der Waals surface area contributed by atoms with Crippen molar-refractivity contribution in [1.29, 1.82) is 0 Å². The third kappa shape index (κ3) is 2.97. The smallest absolute Gasteiger partial charge is 0.170 e. The predicted octanol–water partition coefficient (Wildman–Crippen LogP) is 2.63. The number of pyridine rings is 1. The number of nitrogens with zero attached hydrogens (tertiary/aromatic N) is 6. The summed E-state index contributed by atoms with van der Waals surface area (Å²) in [5, 5.41) is 6.01. The lowest BCUT2D eigenvalue weighted by molar-refractivity contribution is 0.243. The van der Waals surface area contributed by atoms with Crippen molar-refractivity contribution < 1.29 is 8.91 Å². The van der Waals surface area contributed by atoms with Crippen molar-refractivity contribution in [3.63, 3.8) is 0 Å². The van der Waals surface area contributed by atoms with Gasteiger partial charge in [-0.1, -0.05) is 5.16 Å². The molecular formula is C19H17FN6O. The Bertz CT molecular complexity index is 1100. The van der Waals surface area contributed by atoms with E-state index in [0.717, 1.165) is 54.0 Å². The zero-order valence-electron chi connectivity index (χ0n) is 14.5. The summed E-state index contributed by atoms with van der Waals surface area (Å²) in [5.41, 5.74) is 2.19. The first-order valence-electron chi connectivity index (χ1n) is 8.84. The van der Waals surface area contributed by atoms with Gasteiger partial charge in [-0.05, 0) is 18.2 Å². The molecule has 27 heavy (non-hydrogen) atoms. The van der Waals surface area contributed by atoms with Crippen LogP contribution in [-0.4, -0.2) is 51.2 Å². The largest absolute Gasteiger partial charge is 0.356 e. The summed E-state index contributed by atoms with van der Waals surface area (Å²) in [5.74, 6) is 0.635. The van der Waals surface area contributed by atoms with Crippen molar-refractivity contribution in [3.05, 3.63) is 54.5 Å². The molecule has 1 aromatic carbocycles. The molecule has 0 amide bonds. The van der Waals surface area contributed by atoms with Gasteiger partial charge < -0.3 is 9.42 Å². The van der Waals surface area contributed by atoms with Gasteiger partial charge >= 0.3 is 0 Å². The van der Waals surface area contributed by atoms with Crippen molar-refractivity contribution in [2.75, 3.05) is 31.1 Å². The minimum atomic E-state index is -0.314. The molecule has 5 rings (SSSR count). The molecule has 0 saturated carbocycles. The van der Waals surface area contributed by atoms with Gasteiger partial charge in [-0.3, -0.25) is 9.88 Å². The first kappa shape index (κ1) is 16.1. The Balaban J connectivity index is 1.31. The number of hydrogen-bond acceptors (Lipinski definition) is 7. The van der Waals surface area contributed by atoms with Crippen LogP contribution in [0, 0.1) is 5.82 Å². The molecule has 0 bridgehead atoms. The maximum Gasteiger partial charge on any atom is 0.170 e. The highest BCUT2D eigenvalue weighted by Crippen LogP contribution is 2.24. The van der Waals surface area contributed by atoms with Crippen LogP contribution in [0.15, 0.2) is 47.5 Å². The third-order valence-electron chi connectivity index (χ3n) is 4.97. The Morgan fingerprint density at radius 3 is 2.81 bits per heavy atom. The summed E-state index contributed by atoms with van der Waals surface area (Å²) >= 11 is 0. The van der Waals surface area contributed by atoms with E-state index in [-0.39, 0.29) is 5.82 Å². The van der Waals surface area contributed by atoms with E-state index in [1.165, 1.54) is 12.1 Å². The predicted molar refractivity (Wildman–Crippen MR) is 98.8 cm³/mol. The second-order valence-electron chi connectivity index (χ2n) is 6.62. The van der Waals surface area contributed by atoms with Crippen LogP contribution >= 0.6 is 0 Å².